The van der Waals surface area contributed by atoms with Crippen LogP contribution in [0.3, 0.4) is 0 Å². The molecule has 1 saturated carbocycles. The molecule has 1 aliphatic rings. The highest BCUT2D eigenvalue weighted by Gasteiger charge is 2.10. The molecule has 2 aromatic carbocycles. The molecule has 1 aliphatic carbocycles. The largest absolute Gasteiger partial charge is 0.486 e. The molecule has 0 aliphatic heterocycles. The molecule has 0 bridgehead atoms. The van der Waals surface area contributed by atoms with Gasteiger partial charge >= 0.3 is 0 Å². The summed E-state index contributed by atoms with van der Waals surface area (Å²) in [4.78, 5) is 31.2. The Labute approximate surface area is 228 Å². The van der Waals surface area contributed by atoms with E-state index >= 15 is 0 Å². The van der Waals surface area contributed by atoms with Crippen LogP contribution in [-0.2, 0) is 9.59 Å². The van der Waals surface area contributed by atoms with Crippen LogP contribution >= 0.6 is 23.2 Å². The van der Waals surface area contributed by atoms with Crippen molar-refractivity contribution >= 4 is 42.1 Å². The normalized spacial score (nSPS) is 13.2. The summed E-state index contributed by atoms with van der Waals surface area (Å²) in [5.74, 6) is 0.123. The van der Waals surface area contributed by atoms with Gasteiger partial charge in [0.25, 0.3) is 0 Å². The summed E-state index contributed by atoms with van der Waals surface area (Å²) in [6, 6.07) is 9.53. The Morgan fingerprint density at radius 1 is 1.08 bits per heavy atom. The van der Waals surface area contributed by atoms with Gasteiger partial charge in [0.15, 0.2) is 25.0 Å². The van der Waals surface area contributed by atoms with E-state index in [9.17, 15) is 18.8 Å². The summed E-state index contributed by atoms with van der Waals surface area (Å²) in [5.41, 5.74) is 4.85. The van der Waals surface area contributed by atoms with Crippen molar-refractivity contribution in [3.8, 4) is 11.5 Å². The minimum atomic E-state index is -0.555. The van der Waals surface area contributed by atoms with E-state index in [1.807, 2.05) is 6.92 Å². The first-order valence-corrected chi connectivity index (χ1v) is 12.8. The summed E-state index contributed by atoms with van der Waals surface area (Å²) in [5, 5.41) is 3.80. The van der Waals surface area contributed by atoms with Crippen LogP contribution in [0.4, 0.5) is 4.39 Å². The molecule has 0 spiro atoms. The zero-order valence-corrected chi connectivity index (χ0v) is 23.1. The van der Waals surface area contributed by atoms with Gasteiger partial charge in [-0.05, 0) is 63.7 Å². The number of carbonyl (C=O) groups excluding carboxylic acids is 3. The van der Waals surface area contributed by atoms with Crippen LogP contribution in [0.1, 0.15) is 55.8 Å². The van der Waals surface area contributed by atoms with Crippen molar-refractivity contribution in [1.82, 2.24) is 5.32 Å². The number of nitrogens with two attached hydrogens (primary N) is 1. The fourth-order valence-corrected chi connectivity index (χ4v) is 3.48. The number of rotatable bonds is 9. The molecule has 7 nitrogen and oxygen atoms in total. The van der Waals surface area contributed by atoms with Gasteiger partial charge in [0.05, 0.1) is 10.6 Å². The van der Waals surface area contributed by atoms with Crippen molar-refractivity contribution in [3.63, 3.8) is 0 Å². The van der Waals surface area contributed by atoms with Crippen LogP contribution in [0.15, 0.2) is 36.4 Å². The smallest absolute Gasteiger partial charge is 0.160 e. The number of carbonyl (C=O) groups is 3. The monoisotopic (exact) mass is 558 g/mol. The second-order valence-electron chi connectivity index (χ2n) is 7.68. The van der Waals surface area contributed by atoms with E-state index in [0.29, 0.717) is 47.4 Å². The second-order valence-corrected chi connectivity index (χ2v) is 8.52. The first-order valence-electron chi connectivity index (χ1n) is 12.0. The molecule has 206 valence electrons. The highest BCUT2D eigenvalue weighted by molar-refractivity contribution is 6.31. The van der Waals surface area contributed by atoms with Crippen molar-refractivity contribution in [1.29, 1.82) is 0 Å². The maximum atomic E-state index is 12.7. The summed E-state index contributed by atoms with van der Waals surface area (Å²) < 4.78 is 22.9. The van der Waals surface area contributed by atoms with Crippen LogP contribution in [0.5, 0.6) is 11.5 Å². The van der Waals surface area contributed by atoms with Crippen LogP contribution in [0.25, 0.3) is 0 Å². The van der Waals surface area contributed by atoms with Crippen molar-refractivity contribution in [2.24, 2.45) is 5.73 Å². The molecule has 1 fully saturated rings. The molecule has 3 N–H and O–H groups in total. The first-order chi connectivity index (χ1) is 17.9. The quantitative estimate of drug-likeness (QED) is 0.381. The molecule has 37 heavy (non-hydrogen) atoms. The van der Waals surface area contributed by atoms with Gasteiger partial charge in [-0.2, -0.15) is 0 Å². The Morgan fingerprint density at radius 2 is 1.76 bits per heavy atom. The van der Waals surface area contributed by atoms with Crippen LogP contribution in [-0.4, -0.2) is 51.7 Å². The first kappa shape index (κ1) is 34.5. The number of ether oxygens (including phenoxy) is 2. The molecule has 1 atom stereocenters. The molecular weight excluding hydrogens is 522 g/mol. The van der Waals surface area contributed by atoms with Gasteiger partial charge in [-0.25, -0.2) is 4.39 Å². The third-order valence-electron chi connectivity index (χ3n) is 5.15. The fourth-order valence-electron chi connectivity index (χ4n) is 3.18. The molecule has 0 radical (unpaired) electrons. The van der Waals surface area contributed by atoms with Crippen molar-refractivity contribution in [3.05, 3.63) is 57.8 Å². The zero-order valence-electron chi connectivity index (χ0n) is 21.6. The Kier molecular flexibility index (Phi) is 20.1. The second kappa shape index (κ2) is 21.6. The lowest BCUT2D eigenvalue weighted by atomic mass is 9.96. The maximum absolute atomic E-state index is 12.7. The average molecular weight is 560 g/mol. The van der Waals surface area contributed by atoms with E-state index in [1.165, 1.54) is 57.4 Å². The molecule has 0 amide bonds. The van der Waals surface area contributed by atoms with E-state index < -0.39 is 11.9 Å². The van der Waals surface area contributed by atoms with Gasteiger partial charge in [0.1, 0.15) is 23.9 Å². The number of hydrogen-bond acceptors (Lipinski definition) is 7. The minimum absolute atomic E-state index is 0.0356. The summed E-state index contributed by atoms with van der Waals surface area (Å²) in [6.45, 7) is 1.75. The zero-order chi connectivity index (χ0) is 28.1. The van der Waals surface area contributed by atoms with Gasteiger partial charge in [-0.15, -0.1) is 0 Å². The van der Waals surface area contributed by atoms with Gasteiger partial charge in [-0.1, -0.05) is 49.4 Å². The fraction of sp³-hybridized carbons (Fsp3) is 0.444. The Hall–Kier alpha value is -2.52. The molecule has 0 heterocycles. The lowest BCUT2D eigenvalue weighted by molar-refractivity contribution is -0.113. The van der Waals surface area contributed by atoms with E-state index in [1.54, 1.807) is 12.1 Å². The van der Waals surface area contributed by atoms with Gasteiger partial charge in [-0.3, -0.25) is 14.4 Å². The Balaban J connectivity index is 0.000000528. The average Bonchev–Trinajstić information content (AvgIpc) is 2.95. The number of benzene rings is 2. The van der Waals surface area contributed by atoms with Gasteiger partial charge < -0.3 is 20.5 Å². The van der Waals surface area contributed by atoms with Crippen molar-refractivity contribution in [2.45, 2.75) is 57.6 Å². The lowest BCUT2D eigenvalue weighted by Crippen LogP contribution is -2.26. The molecule has 2 aromatic rings. The van der Waals surface area contributed by atoms with Crippen LogP contribution in [0.2, 0.25) is 10.0 Å². The third-order valence-corrected chi connectivity index (χ3v) is 5.70. The van der Waals surface area contributed by atoms with Gasteiger partial charge in [0.2, 0.25) is 0 Å². The molecule has 0 aromatic heterocycles. The molecule has 3 rings (SSSR count). The molecular formula is C27H37Cl2FN2O5. The van der Waals surface area contributed by atoms with Crippen LogP contribution < -0.4 is 20.5 Å². The minimum Gasteiger partial charge on any atom is -0.486 e. The number of nitrogens with one attached hydrogen (secondary N) is 1. The third kappa shape index (κ3) is 14.7. The maximum Gasteiger partial charge on any atom is 0.160 e. The predicted molar refractivity (Wildman–Crippen MR) is 147 cm³/mol. The number of hydrogen-bond donors (Lipinski definition) is 2. The van der Waals surface area contributed by atoms with Crippen LogP contribution in [0, 0.1) is 5.82 Å². The number of halogens is 3. The molecule has 1 unspecified atom stereocenters. The van der Waals surface area contributed by atoms with E-state index in [-0.39, 0.29) is 11.6 Å². The van der Waals surface area contributed by atoms with E-state index in [4.69, 9.17) is 32.7 Å². The standard InChI is InChI=1S/C11H11ClO3.C8H6ClFO2.C7H15N.CH5N/c1-2-10(7-14)15-11-4-3-9(12)5-8(11)6-13;9-7-2-1-6(5-8(7)10)12-4-3-11;1-8-7-5-3-2-4-6-7;1-2/h3-7,10H,2H2,1H3;1-3,5H,4H2;7-8H,2-6H2,1H3;2H2,1H3. The Morgan fingerprint density at radius 3 is 2.24 bits per heavy atom. The Bertz CT molecular complexity index is 928. The number of aldehydes is 3. The van der Waals surface area contributed by atoms with Crippen molar-refractivity contribution < 1.29 is 28.2 Å². The highest BCUT2D eigenvalue weighted by Crippen LogP contribution is 2.23. The SMILES string of the molecule is CCC(C=O)Oc1ccc(Cl)cc1C=O.CN.CNC1CCCCC1.O=CCOc1ccc(Cl)c(F)c1. The summed E-state index contributed by atoms with van der Waals surface area (Å²) in [7, 11) is 3.57. The highest BCUT2D eigenvalue weighted by atomic mass is 35.5. The van der Waals surface area contributed by atoms with E-state index in [0.717, 1.165) is 12.1 Å². The molecule has 10 heteroatoms. The predicted octanol–water partition coefficient (Wildman–Crippen LogP) is 5.68. The van der Waals surface area contributed by atoms with Gasteiger partial charge in [0, 0.05) is 17.1 Å². The lowest BCUT2D eigenvalue weighted by Gasteiger charge is -2.20. The van der Waals surface area contributed by atoms with Crippen molar-refractivity contribution in [2.75, 3.05) is 20.7 Å². The van der Waals surface area contributed by atoms with E-state index in [2.05, 4.69) is 18.1 Å². The summed E-state index contributed by atoms with van der Waals surface area (Å²) in [6.07, 6.45) is 9.12. The summed E-state index contributed by atoms with van der Waals surface area (Å²) >= 11 is 11.1. The topological polar surface area (TPSA) is 108 Å². The molecule has 0 saturated heterocycles.